The Labute approximate surface area is 145 Å². The molecule has 0 aliphatic carbocycles. The number of likely N-dealkylation sites (tertiary alicyclic amines) is 1. The Hall–Kier alpha value is -1.60. The van der Waals surface area contributed by atoms with Crippen LogP contribution in [-0.2, 0) is 11.0 Å². The van der Waals surface area contributed by atoms with Crippen molar-refractivity contribution < 1.29 is 23.1 Å². The highest BCUT2D eigenvalue weighted by molar-refractivity contribution is 5.77. The van der Waals surface area contributed by atoms with E-state index >= 15 is 0 Å². The van der Waals surface area contributed by atoms with E-state index in [9.17, 15) is 23.1 Å². The minimum Gasteiger partial charge on any atom is -0.387 e. The van der Waals surface area contributed by atoms with Crippen molar-refractivity contribution in [3.63, 3.8) is 0 Å². The molecule has 7 heteroatoms. The van der Waals surface area contributed by atoms with Crippen LogP contribution in [0.3, 0.4) is 0 Å². The molecule has 2 fully saturated rings. The number of hydrogen-bond donors (Lipinski definition) is 2. The maximum Gasteiger partial charge on any atom is 0.416 e. The number of nitrogens with one attached hydrogen (secondary N) is 1. The van der Waals surface area contributed by atoms with Crippen molar-refractivity contribution in [1.82, 2.24) is 10.2 Å². The van der Waals surface area contributed by atoms with Crippen LogP contribution in [0.2, 0.25) is 0 Å². The summed E-state index contributed by atoms with van der Waals surface area (Å²) >= 11 is 0. The Morgan fingerprint density at radius 2 is 1.88 bits per heavy atom. The van der Waals surface area contributed by atoms with Gasteiger partial charge in [0.2, 0.25) is 5.91 Å². The summed E-state index contributed by atoms with van der Waals surface area (Å²) in [6.45, 7) is 2.20. The molecule has 0 bridgehead atoms. The molecule has 2 N–H and O–H groups in total. The maximum atomic E-state index is 13.2. The average molecular weight is 356 g/mol. The molecule has 2 heterocycles. The van der Waals surface area contributed by atoms with Gasteiger partial charge in [-0.3, -0.25) is 4.79 Å². The predicted molar refractivity (Wildman–Crippen MR) is 86.8 cm³/mol. The third-order valence-corrected chi connectivity index (χ3v) is 5.43. The molecule has 2 aliphatic rings. The van der Waals surface area contributed by atoms with Crippen molar-refractivity contribution in [3.05, 3.63) is 35.4 Å². The molecule has 1 amide bonds. The molecule has 0 aromatic heterocycles. The van der Waals surface area contributed by atoms with Gasteiger partial charge in [0.1, 0.15) is 0 Å². The third kappa shape index (κ3) is 3.98. The maximum absolute atomic E-state index is 13.2. The van der Waals surface area contributed by atoms with Gasteiger partial charge in [-0.25, -0.2) is 0 Å². The van der Waals surface area contributed by atoms with Gasteiger partial charge < -0.3 is 15.3 Å². The van der Waals surface area contributed by atoms with Gasteiger partial charge in [-0.05, 0) is 49.4 Å². The number of piperidine rings is 2. The summed E-state index contributed by atoms with van der Waals surface area (Å²) in [5.41, 5.74) is -0.987. The Kier molecular flexibility index (Phi) is 5.06. The highest BCUT2D eigenvalue weighted by atomic mass is 19.4. The Balaban J connectivity index is 1.76. The molecule has 1 aromatic carbocycles. The van der Waals surface area contributed by atoms with Gasteiger partial charge in [-0.2, -0.15) is 13.2 Å². The molecule has 25 heavy (non-hydrogen) atoms. The number of carbonyl (C=O) groups is 1. The molecular weight excluding hydrogens is 333 g/mol. The van der Waals surface area contributed by atoms with Crippen LogP contribution in [0, 0.1) is 5.41 Å². The number of halogens is 3. The number of carbonyl (C=O) groups excluding carboxylic acids is 1. The summed E-state index contributed by atoms with van der Waals surface area (Å²) in [5.74, 6) is -0.0901. The smallest absolute Gasteiger partial charge is 0.387 e. The molecule has 0 saturated carbocycles. The van der Waals surface area contributed by atoms with Gasteiger partial charge in [0.05, 0.1) is 18.2 Å². The molecule has 0 unspecified atom stereocenters. The van der Waals surface area contributed by atoms with Crippen molar-refractivity contribution in [2.45, 2.75) is 38.0 Å². The lowest BCUT2D eigenvalue weighted by atomic mass is 9.72. The topological polar surface area (TPSA) is 52.6 Å². The van der Waals surface area contributed by atoms with E-state index in [1.54, 1.807) is 4.90 Å². The number of aliphatic hydroxyl groups is 1. The van der Waals surface area contributed by atoms with Crippen LogP contribution in [0.15, 0.2) is 24.3 Å². The van der Waals surface area contributed by atoms with Gasteiger partial charge in [-0.1, -0.05) is 18.2 Å². The first-order chi connectivity index (χ1) is 11.8. The van der Waals surface area contributed by atoms with Crippen molar-refractivity contribution >= 4 is 5.91 Å². The number of amides is 1. The third-order valence-electron chi connectivity index (χ3n) is 5.43. The number of β-amino-alcohol motifs (C(OH)–C–C–N with tert-alkyl or cyclic N) is 1. The molecule has 2 aliphatic heterocycles. The monoisotopic (exact) mass is 356 g/mol. The van der Waals surface area contributed by atoms with Crippen molar-refractivity contribution in [2.24, 2.45) is 5.41 Å². The molecule has 3 rings (SSSR count). The number of hydrogen-bond acceptors (Lipinski definition) is 3. The largest absolute Gasteiger partial charge is 0.416 e. The Morgan fingerprint density at radius 1 is 1.20 bits per heavy atom. The van der Waals surface area contributed by atoms with Gasteiger partial charge in [-0.15, -0.1) is 0 Å². The summed E-state index contributed by atoms with van der Waals surface area (Å²) in [6.07, 6.45) is -2.76. The molecule has 1 spiro atoms. The molecule has 4 nitrogen and oxygen atoms in total. The van der Waals surface area contributed by atoms with E-state index in [4.69, 9.17) is 0 Å². The lowest BCUT2D eigenvalue weighted by Gasteiger charge is -2.45. The second kappa shape index (κ2) is 6.96. The van der Waals surface area contributed by atoms with E-state index in [2.05, 4.69) is 5.32 Å². The normalized spacial score (nSPS) is 22.2. The van der Waals surface area contributed by atoms with Crippen molar-refractivity contribution in [1.29, 1.82) is 0 Å². The lowest BCUT2D eigenvalue weighted by molar-refractivity contribution is -0.141. The predicted octanol–water partition coefficient (Wildman–Crippen LogP) is 2.73. The molecule has 0 radical (unpaired) electrons. The van der Waals surface area contributed by atoms with Crippen LogP contribution in [0.1, 0.15) is 42.9 Å². The highest BCUT2D eigenvalue weighted by Gasteiger charge is 2.41. The van der Waals surface area contributed by atoms with Gasteiger partial charge in [0, 0.05) is 13.0 Å². The van der Waals surface area contributed by atoms with E-state index in [0.717, 1.165) is 38.4 Å². The van der Waals surface area contributed by atoms with Gasteiger partial charge in [0.15, 0.2) is 0 Å². The first-order valence-corrected chi connectivity index (χ1v) is 8.63. The standard InChI is InChI=1S/C18H23F3N2O2/c19-18(20,21)14-4-2-1-3-13(14)15(24)11-23-12-17(6-5-16(23)25)7-9-22-10-8-17/h1-4,15,22,24H,5-12H2/t15-/m0/s1. The average Bonchev–Trinajstić information content (AvgIpc) is 2.58. The van der Waals surface area contributed by atoms with E-state index in [0.29, 0.717) is 13.0 Å². The fourth-order valence-corrected chi connectivity index (χ4v) is 3.99. The molecule has 1 aromatic rings. The zero-order valence-corrected chi connectivity index (χ0v) is 14.0. The summed E-state index contributed by atoms with van der Waals surface area (Å²) in [6, 6.07) is 5.02. The summed E-state index contributed by atoms with van der Waals surface area (Å²) in [5, 5.41) is 13.7. The summed E-state index contributed by atoms with van der Waals surface area (Å²) in [7, 11) is 0. The zero-order chi connectivity index (χ0) is 18.1. The SMILES string of the molecule is O=C1CCC2(CCNCC2)CN1C[C@H](O)c1ccccc1C(F)(F)F. The second-order valence-electron chi connectivity index (χ2n) is 7.13. The quantitative estimate of drug-likeness (QED) is 0.876. The minimum atomic E-state index is -4.53. The number of benzene rings is 1. The summed E-state index contributed by atoms with van der Waals surface area (Å²) in [4.78, 5) is 13.8. The van der Waals surface area contributed by atoms with E-state index in [-0.39, 0.29) is 23.4 Å². The number of rotatable bonds is 3. The summed E-state index contributed by atoms with van der Waals surface area (Å²) < 4.78 is 39.5. The van der Waals surface area contributed by atoms with Crippen LogP contribution in [0.4, 0.5) is 13.2 Å². The van der Waals surface area contributed by atoms with Crippen LogP contribution in [0.25, 0.3) is 0 Å². The van der Waals surface area contributed by atoms with E-state index < -0.39 is 17.8 Å². The number of aliphatic hydroxyl groups excluding tert-OH is 1. The molecular formula is C18H23F3N2O2. The fourth-order valence-electron chi connectivity index (χ4n) is 3.99. The van der Waals surface area contributed by atoms with Crippen molar-refractivity contribution in [3.8, 4) is 0 Å². The highest BCUT2D eigenvalue weighted by Crippen LogP contribution is 2.40. The van der Waals surface area contributed by atoms with Crippen LogP contribution in [0.5, 0.6) is 0 Å². The Bertz CT molecular complexity index is 627. The molecule has 1 atom stereocenters. The van der Waals surface area contributed by atoms with E-state index in [1.807, 2.05) is 0 Å². The Morgan fingerprint density at radius 3 is 2.56 bits per heavy atom. The fraction of sp³-hybridized carbons (Fsp3) is 0.611. The van der Waals surface area contributed by atoms with E-state index in [1.165, 1.54) is 18.2 Å². The second-order valence-corrected chi connectivity index (χ2v) is 7.13. The zero-order valence-electron chi connectivity index (χ0n) is 14.0. The minimum absolute atomic E-state index is 0.0302. The molecule has 138 valence electrons. The first-order valence-electron chi connectivity index (χ1n) is 8.63. The van der Waals surface area contributed by atoms with Gasteiger partial charge in [0.25, 0.3) is 0 Å². The number of nitrogens with zero attached hydrogens (tertiary/aromatic N) is 1. The van der Waals surface area contributed by atoms with Crippen LogP contribution in [-0.4, -0.2) is 42.1 Å². The number of alkyl halides is 3. The molecule has 2 saturated heterocycles. The van der Waals surface area contributed by atoms with Crippen LogP contribution >= 0.6 is 0 Å². The van der Waals surface area contributed by atoms with Gasteiger partial charge >= 0.3 is 6.18 Å². The lowest BCUT2D eigenvalue weighted by Crippen LogP contribution is -2.51. The van der Waals surface area contributed by atoms with Crippen LogP contribution < -0.4 is 5.32 Å². The van der Waals surface area contributed by atoms with Crippen molar-refractivity contribution in [2.75, 3.05) is 26.2 Å². The first kappa shape index (κ1) is 18.2.